The maximum atomic E-state index is 12.8. The maximum Gasteiger partial charge on any atom is 0.253 e. The lowest BCUT2D eigenvalue weighted by molar-refractivity contribution is 0.0962. The third-order valence-corrected chi connectivity index (χ3v) is 5.44. The summed E-state index contributed by atoms with van der Waals surface area (Å²) in [6.45, 7) is 0. The van der Waals surface area contributed by atoms with Crippen LogP contribution in [0.25, 0.3) is 5.78 Å². The van der Waals surface area contributed by atoms with E-state index in [1.165, 1.54) is 11.8 Å². The van der Waals surface area contributed by atoms with Crippen LogP contribution in [-0.2, 0) is 6.42 Å². The van der Waals surface area contributed by atoms with Crippen molar-refractivity contribution in [3.8, 4) is 17.2 Å². The van der Waals surface area contributed by atoms with Crippen molar-refractivity contribution in [2.75, 3.05) is 27.6 Å². The third kappa shape index (κ3) is 3.05. The van der Waals surface area contributed by atoms with Gasteiger partial charge in [-0.3, -0.25) is 4.79 Å². The molecule has 1 aliphatic carbocycles. The summed E-state index contributed by atoms with van der Waals surface area (Å²) in [5.74, 6) is 2.17. The Balaban J connectivity index is 1.75. The number of thioether (sulfide) groups is 1. The third-order valence-electron chi connectivity index (χ3n) is 4.90. The SMILES string of the molecule is COc1cc([C@H]2CC(=O)c3cn4nc(SC)nc4nc3C2)cc(OC)c1OC. The molecule has 28 heavy (non-hydrogen) atoms. The van der Waals surface area contributed by atoms with Gasteiger partial charge in [-0.15, -0.1) is 5.10 Å². The Labute approximate surface area is 166 Å². The molecule has 0 N–H and O–H groups in total. The standard InChI is InChI=1S/C19H20N4O4S/c1-25-15-7-11(8-16(26-2)17(15)27-3)10-5-13-12(14(24)6-10)9-23-18(20-13)21-19(22-23)28-4/h7-10H,5-6H2,1-4H3/t10-/m1/s1. The summed E-state index contributed by atoms with van der Waals surface area (Å²) in [5.41, 5.74) is 2.29. The highest BCUT2D eigenvalue weighted by Crippen LogP contribution is 2.42. The van der Waals surface area contributed by atoms with Crippen molar-refractivity contribution in [3.05, 3.63) is 35.2 Å². The Morgan fingerprint density at radius 1 is 1.07 bits per heavy atom. The van der Waals surface area contributed by atoms with Crippen LogP contribution in [0.2, 0.25) is 0 Å². The molecule has 1 aromatic carbocycles. The average molecular weight is 400 g/mol. The lowest BCUT2D eigenvalue weighted by atomic mass is 9.82. The second kappa shape index (κ2) is 7.31. The predicted octanol–water partition coefficient (Wildman–Crippen LogP) is 2.78. The van der Waals surface area contributed by atoms with Gasteiger partial charge in [-0.25, -0.2) is 9.50 Å². The first-order valence-corrected chi connectivity index (χ1v) is 9.93. The van der Waals surface area contributed by atoms with Gasteiger partial charge >= 0.3 is 0 Å². The van der Waals surface area contributed by atoms with Crippen LogP contribution in [-0.4, -0.2) is 53.0 Å². The number of benzene rings is 1. The number of Topliss-reactive ketones (excluding diaryl/α,β-unsaturated/α-hetero) is 1. The number of aromatic nitrogens is 4. The van der Waals surface area contributed by atoms with Gasteiger partial charge in [0.05, 0.1) is 32.6 Å². The monoisotopic (exact) mass is 400 g/mol. The summed E-state index contributed by atoms with van der Waals surface area (Å²) in [5, 5.41) is 4.95. The molecule has 4 rings (SSSR count). The zero-order valence-corrected chi connectivity index (χ0v) is 16.9. The number of nitrogens with zero attached hydrogens (tertiary/aromatic N) is 4. The highest BCUT2D eigenvalue weighted by molar-refractivity contribution is 7.98. The van der Waals surface area contributed by atoms with Crippen LogP contribution >= 0.6 is 11.8 Å². The molecule has 0 radical (unpaired) electrons. The molecule has 2 aromatic heterocycles. The molecule has 0 bridgehead atoms. The molecule has 9 heteroatoms. The molecule has 8 nitrogen and oxygen atoms in total. The quantitative estimate of drug-likeness (QED) is 0.604. The molecular formula is C19H20N4O4S. The van der Waals surface area contributed by atoms with Crippen LogP contribution in [0, 0.1) is 0 Å². The summed E-state index contributed by atoms with van der Waals surface area (Å²) in [4.78, 5) is 21.8. The highest BCUT2D eigenvalue weighted by atomic mass is 32.2. The number of hydrogen-bond donors (Lipinski definition) is 0. The molecule has 0 aliphatic heterocycles. The number of carbonyl (C=O) groups is 1. The minimum absolute atomic E-state index is 0.0356. The second-order valence-corrected chi connectivity index (χ2v) is 7.20. The van der Waals surface area contributed by atoms with Crippen LogP contribution in [0.1, 0.15) is 34.0 Å². The lowest BCUT2D eigenvalue weighted by Crippen LogP contribution is -2.21. The van der Waals surface area contributed by atoms with Gasteiger partial charge in [0, 0.05) is 12.6 Å². The Kier molecular flexibility index (Phi) is 4.84. The molecule has 0 amide bonds. The van der Waals surface area contributed by atoms with Crippen LogP contribution in [0.15, 0.2) is 23.5 Å². The van der Waals surface area contributed by atoms with E-state index in [9.17, 15) is 4.79 Å². The van der Waals surface area contributed by atoms with Gasteiger partial charge in [0.15, 0.2) is 17.3 Å². The topological polar surface area (TPSA) is 87.8 Å². The van der Waals surface area contributed by atoms with Gasteiger partial charge in [-0.05, 0) is 36.3 Å². The van der Waals surface area contributed by atoms with Crippen molar-refractivity contribution in [2.24, 2.45) is 0 Å². The number of ketones is 1. The molecule has 0 spiro atoms. The predicted molar refractivity (Wildman–Crippen MR) is 104 cm³/mol. The van der Waals surface area contributed by atoms with Crippen molar-refractivity contribution in [3.63, 3.8) is 0 Å². The van der Waals surface area contributed by atoms with E-state index in [2.05, 4.69) is 15.1 Å². The van der Waals surface area contributed by atoms with Crippen molar-refractivity contribution >= 4 is 23.3 Å². The van der Waals surface area contributed by atoms with Crippen LogP contribution in [0.4, 0.5) is 0 Å². The first-order chi connectivity index (χ1) is 13.6. The Hall–Kier alpha value is -2.81. The van der Waals surface area contributed by atoms with E-state index in [1.807, 2.05) is 18.4 Å². The maximum absolute atomic E-state index is 12.8. The molecule has 0 fully saturated rings. The Morgan fingerprint density at radius 3 is 2.39 bits per heavy atom. The van der Waals surface area contributed by atoms with Gasteiger partial charge in [-0.2, -0.15) is 4.98 Å². The van der Waals surface area contributed by atoms with Gasteiger partial charge < -0.3 is 14.2 Å². The summed E-state index contributed by atoms with van der Waals surface area (Å²) < 4.78 is 17.9. The lowest BCUT2D eigenvalue weighted by Gasteiger charge is -2.24. The van der Waals surface area contributed by atoms with E-state index in [1.54, 1.807) is 32.0 Å². The average Bonchev–Trinajstić information content (AvgIpc) is 3.13. The van der Waals surface area contributed by atoms with E-state index in [4.69, 9.17) is 14.2 Å². The second-order valence-electron chi connectivity index (χ2n) is 6.43. The van der Waals surface area contributed by atoms with Crippen molar-refractivity contribution < 1.29 is 19.0 Å². The number of rotatable bonds is 5. The minimum Gasteiger partial charge on any atom is -0.493 e. The molecular weight excluding hydrogens is 380 g/mol. The fraction of sp³-hybridized carbons (Fsp3) is 0.368. The van der Waals surface area contributed by atoms with Gasteiger partial charge in [0.2, 0.25) is 10.9 Å². The van der Waals surface area contributed by atoms with Gasteiger partial charge in [0.25, 0.3) is 5.78 Å². The van der Waals surface area contributed by atoms with Crippen molar-refractivity contribution in [1.82, 2.24) is 19.6 Å². The number of fused-ring (bicyclic) bond motifs is 2. The van der Waals surface area contributed by atoms with Crippen LogP contribution in [0.5, 0.6) is 17.2 Å². The summed E-state index contributed by atoms with van der Waals surface area (Å²) in [6.07, 6.45) is 4.64. The Morgan fingerprint density at radius 2 is 1.79 bits per heavy atom. The molecule has 1 atom stereocenters. The number of ether oxygens (including phenoxy) is 3. The first-order valence-electron chi connectivity index (χ1n) is 8.71. The summed E-state index contributed by atoms with van der Waals surface area (Å²) in [7, 11) is 4.72. The first kappa shape index (κ1) is 18.5. The zero-order chi connectivity index (χ0) is 19.8. The van der Waals surface area contributed by atoms with Gasteiger partial charge in [-0.1, -0.05) is 11.8 Å². The van der Waals surface area contributed by atoms with Crippen LogP contribution in [0.3, 0.4) is 0 Å². The molecule has 0 saturated heterocycles. The fourth-order valence-electron chi connectivity index (χ4n) is 3.52. The molecule has 0 saturated carbocycles. The van der Waals surface area contributed by atoms with E-state index < -0.39 is 0 Å². The largest absolute Gasteiger partial charge is 0.493 e. The smallest absolute Gasteiger partial charge is 0.253 e. The van der Waals surface area contributed by atoms with Gasteiger partial charge in [0.1, 0.15) is 0 Å². The molecule has 0 unspecified atom stereocenters. The number of carbonyl (C=O) groups excluding carboxylic acids is 1. The van der Waals surface area contributed by atoms with Crippen molar-refractivity contribution in [2.45, 2.75) is 23.9 Å². The number of hydrogen-bond acceptors (Lipinski definition) is 8. The normalized spacial score (nSPS) is 16.1. The summed E-state index contributed by atoms with van der Waals surface area (Å²) >= 11 is 1.44. The van der Waals surface area contributed by atoms with E-state index in [-0.39, 0.29) is 11.7 Å². The Bertz CT molecular complexity index is 1040. The summed E-state index contributed by atoms with van der Waals surface area (Å²) in [6, 6.07) is 3.79. The number of methoxy groups -OCH3 is 3. The van der Waals surface area contributed by atoms with E-state index in [0.717, 1.165) is 11.3 Å². The van der Waals surface area contributed by atoms with E-state index >= 15 is 0 Å². The van der Waals surface area contributed by atoms with Crippen LogP contribution < -0.4 is 14.2 Å². The zero-order valence-electron chi connectivity index (χ0n) is 16.1. The van der Waals surface area contributed by atoms with Crippen molar-refractivity contribution in [1.29, 1.82) is 0 Å². The molecule has 3 aromatic rings. The minimum atomic E-state index is -0.0356. The molecule has 146 valence electrons. The highest BCUT2D eigenvalue weighted by Gasteiger charge is 2.30. The molecule has 2 heterocycles. The fourth-order valence-corrected chi connectivity index (χ4v) is 3.87. The van der Waals surface area contributed by atoms with E-state index in [0.29, 0.717) is 46.6 Å². The molecule has 1 aliphatic rings.